The molecule has 0 atom stereocenters. The van der Waals surface area contributed by atoms with Crippen LogP contribution in [-0.2, 0) is 30.0 Å². The molecule has 0 unspecified atom stereocenters. The number of ether oxygens (including phenoxy) is 3. The van der Waals surface area contributed by atoms with Gasteiger partial charge in [0.2, 0.25) is 0 Å². The normalized spacial score (nSPS) is 17.8. The Kier molecular flexibility index (Phi) is 7.28. The molecule has 180 valence electrons. The summed E-state index contributed by atoms with van der Waals surface area (Å²) in [5, 5.41) is 0. The van der Waals surface area contributed by atoms with Crippen LogP contribution in [0.2, 0.25) is 0 Å². The minimum Gasteiger partial charge on any atom is -0.466 e. The van der Waals surface area contributed by atoms with Crippen LogP contribution < -0.4 is 4.90 Å². The van der Waals surface area contributed by atoms with Crippen LogP contribution in [0.3, 0.4) is 0 Å². The molecule has 3 rings (SSSR count). The zero-order valence-corrected chi connectivity index (χ0v) is 18.4. The third-order valence-electron chi connectivity index (χ3n) is 5.47. The zero-order chi connectivity index (χ0) is 24.3. The SMILES string of the molecule is COC(=O)C1=C(C(=O)OC)N(c2ccc(C(=O)N3CCN(C)CC3)c(C(F)(F)F)c2)COC1. The lowest BCUT2D eigenvalue weighted by Crippen LogP contribution is -2.47. The maximum Gasteiger partial charge on any atom is 0.417 e. The molecule has 1 fully saturated rings. The van der Waals surface area contributed by atoms with Crippen molar-refractivity contribution in [2.24, 2.45) is 0 Å². The summed E-state index contributed by atoms with van der Waals surface area (Å²) in [5.41, 5.74) is -2.23. The molecule has 0 bridgehead atoms. The minimum absolute atomic E-state index is 0.0984. The Hall–Kier alpha value is -3.12. The van der Waals surface area contributed by atoms with Crippen molar-refractivity contribution in [3.8, 4) is 0 Å². The van der Waals surface area contributed by atoms with Crippen LogP contribution in [0.15, 0.2) is 29.5 Å². The van der Waals surface area contributed by atoms with E-state index in [1.165, 1.54) is 11.0 Å². The molecule has 0 spiro atoms. The Balaban J connectivity index is 2.06. The van der Waals surface area contributed by atoms with E-state index in [1.807, 2.05) is 11.9 Å². The Morgan fingerprint density at radius 2 is 1.64 bits per heavy atom. The van der Waals surface area contributed by atoms with Crippen molar-refractivity contribution in [1.82, 2.24) is 9.80 Å². The van der Waals surface area contributed by atoms with Crippen LogP contribution in [0.5, 0.6) is 0 Å². The molecular weight excluding hydrogens is 447 g/mol. The summed E-state index contributed by atoms with van der Waals surface area (Å²) in [6.45, 7) is 1.14. The molecule has 0 N–H and O–H groups in total. The fourth-order valence-electron chi connectivity index (χ4n) is 3.65. The number of amides is 1. The summed E-state index contributed by atoms with van der Waals surface area (Å²) < 4.78 is 56.6. The van der Waals surface area contributed by atoms with Gasteiger partial charge >= 0.3 is 18.1 Å². The highest BCUT2D eigenvalue weighted by atomic mass is 19.4. The number of carbonyl (C=O) groups is 3. The molecule has 1 amide bonds. The zero-order valence-electron chi connectivity index (χ0n) is 18.4. The Bertz CT molecular complexity index is 970. The van der Waals surface area contributed by atoms with E-state index < -0.39 is 35.1 Å². The van der Waals surface area contributed by atoms with Crippen molar-refractivity contribution in [2.45, 2.75) is 6.18 Å². The van der Waals surface area contributed by atoms with Gasteiger partial charge in [-0.15, -0.1) is 0 Å². The monoisotopic (exact) mass is 471 g/mol. The molecule has 33 heavy (non-hydrogen) atoms. The lowest BCUT2D eigenvalue weighted by atomic mass is 10.0. The highest BCUT2D eigenvalue weighted by Crippen LogP contribution is 2.37. The highest BCUT2D eigenvalue weighted by molar-refractivity contribution is 6.03. The van der Waals surface area contributed by atoms with Crippen molar-refractivity contribution in [3.05, 3.63) is 40.6 Å². The van der Waals surface area contributed by atoms with E-state index in [-0.39, 0.29) is 30.3 Å². The van der Waals surface area contributed by atoms with E-state index in [1.54, 1.807) is 0 Å². The first kappa shape index (κ1) is 24.5. The van der Waals surface area contributed by atoms with Gasteiger partial charge in [-0.1, -0.05) is 0 Å². The molecule has 2 aliphatic rings. The number of benzene rings is 1. The number of alkyl halides is 3. The maximum atomic E-state index is 14.0. The summed E-state index contributed by atoms with van der Waals surface area (Å²) in [5.74, 6) is -2.54. The van der Waals surface area contributed by atoms with Crippen molar-refractivity contribution >= 4 is 23.5 Å². The summed E-state index contributed by atoms with van der Waals surface area (Å²) in [7, 11) is 4.05. The summed E-state index contributed by atoms with van der Waals surface area (Å²) in [6.07, 6.45) is -4.84. The highest BCUT2D eigenvalue weighted by Gasteiger charge is 2.39. The van der Waals surface area contributed by atoms with Gasteiger partial charge in [0.25, 0.3) is 5.91 Å². The summed E-state index contributed by atoms with van der Waals surface area (Å²) in [4.78, 5) is 41.8. The predicted molar refractivity (Wildman–Crippen MR) is 109 cm³/mol. The number of esters is 2. The van der Waals surface area contributed by atoms with Gasteiger partial charge in [-0.05, 0) is 25.2 Å². The van der Waals surface area contributed by atoms with Crippen LogP contribution in [0.1, 0.15) is 15.9 Å². The van der Waals surface area contributed by atoms with Gasteiger partial charge in [0, 0.05) is 31.9 Å². The molecule has 0 radical (unpaired) electrons. The third-order valence-corrected chi connectivity index (χ3v) is 5.47. The van der Waals surface area contributed by atoms with Gasteiger partial charge in [-0.25, -0.2) is 9.59 Å². The molecule has 0 aromatic heterocycles. The second kappa shape index (κ2) is 9.79. The van der Waals surface area contributed by atoms with Gasteiger partial charge in [-0.2, -0.15) is 13.2 Å². The largest absolute Gasteiger partial charge is 0.466 e. The van der Waals surface area contributed by atoms with E-state index in [0.29, 0.717) is 26.2 Å². The summed E-state index contributed by atoms with van der Waals surface area (Å²) in [6, 6.07) is 3.10. The van der Waals surface area contributed by atoms with Crippen LogP contribution in [0.4, 0.5) is 18.9 Å². The molecule has 9 nitrogen and oxygen atoms in total. The van der Waals surface area contributed by atoms with Gasteiger partial charge in [-0.3, -0.25) is 4.79 Å². The molecule has 12 heteroatoms. The predicted octanol–water partition coefficient (Wildman–Crippen LogP) is 1.49. The van der Waals surface area contributed by atoms with Gasteiger partial charge in [0.15, 0.2) is 0 Å². The van der Waals surface area contributed by atoms with Gasteiger partial charge in [0.1, 0.15) is 12.4 Å². The molecule has 0 aliphatic carbocycles. The lowest BCUT2D eigenvalue weighted by Gasteiger charge is -2.34. The van der Waals surface area contributed by atoms with Crippen molar-refractivity contribution < 1.29 is 41.8 Å². The molecule has 1 aromatic carbocycles. The van der Waals surface area contributed by atoms with E-state index >= 15 is 0 Å². The number of methoxy groups -OCH3 is 2. The molecule has 2 aliphatic heterocycles. The molecule has 2 heterocycles. The topological polar surface area (TPSA) is 88.6 Å². The second-order valence-electron chi connectivity index (χ2n) is 7.54. The Labute approximate surface area is 188 Å². The average molecular weight is 471 g/mol. The quantitative estimate of drug-likeness (QED) is 0.611. The lowest BCUT2D eigenvalue weighted by molar-refractivity contribution is -0.140. The number of carbonyl (C=O) groups excluding carboxylic acids is 3. The van der Waals surface area contributed by atoms with E-state index in [0.717, 1.165) is 31.3 Å². The molecular formula is C21H24F3N3O6. The van der Waals surface area contributed by atoms with Crippen LogP contribution >= 0.6 is 0 Å². The summed E-state index contributed by atoms with van der Waals surface area (Å²) >= 11 is 0. The van der Waals surface area contributed by atoms with Crippen molar-refractivity contribution in [1.29, 1.82) is 0 Å². The average Bonchev–Trinajstić information content (AvgIpc) is 2.81. The molecule has 0 saturated carbocycles. The molecule has 1 aromatic rings. The number of nitrogens with zero attached hydrogens (tertiary/aromatic N) is 3. The number of halogens is 3. The van der Waals surface area contributed by atoms with E-state index in [9.17, 15) is 27.6 Å². The first-order chi connectivity index (χ1) is 15.6. The standard InChI is InChI=1S/C21H24F3N3O6/c1-25-6-8-26(9-7-25)18(28)14-5-4-13(10-16(14)21(22,23)24)27-12-33-11-15(19(29)31-2)17(27)20(30)32-3/h4-5,10H,6-9,11-12H2,1-3H3. The number of rotatable bonds is 4. The third kappa shape index (κ3) is 5.11. The number of hydrogen-bond donors (Lipinski definition) is 0. The number of likely N-dealkylation sites (N-methyl/N-ethyl adjacent to an activating group) is 1. The van der Waals surface area contributed by atoms with Crippen molar-refractivity contribution in [2.75, 3.05) is 65.7 Å². The molecule has 1 saturated heterocycles. The second-order valence-corrected chi connectivity index (χ2v) is 7.54. The minimum atomic E-state index is -4.84. The Morgan fingerprint density at radius 1 is 1.00 bits per heavy atom. The van der Waals surface area contributed by atoms with Crippen LogP contribution in [0, 0.1) is 0 Å². The smallest absolute Gasteiger partial charge is 0.417 e. The first-order valence-corrected chi connectivity index (χ1v) is 10.0. The fourth-order valence-corrected chi connectivity index (χ4v) is 3.65. The van der Waals surface area contributed by atoms with Gasteiger partial charge < -0.3 is 28.9 Å². The number of hydrogen-bond acceptors (Lipinski definition) is 8. The van der Waals surface area contributed by atoms with Gasteiger partial charge in [0.05, 0.1) is 37.5 Å². The first-order valence-electron chi connectivity index (χ1n) is 10.0. The number of anilines is 1. The van der Waals surface area contributed by atoms with E-state index in [2.05, 4.69) is 4.74 Å². The number of piperazine rings is 1. The Morgan fingerprint density at radius 3 is 2.21 bits per heavy atom. The van der Waals surface area contributed by atoms with E-state index in [4.69, 9.17) is 9.47 Å². The fraction of sp³-hybridized carbons (Fsp3) is 0.476. The maximum absolute atomic E-state index is 14.0. The van der Waals surface area contributed by atoms with Crippen LogP contribution in [-0.4, -0.2) is 88.4 Å². The van der Waals surface area contributed by atoms with Crippen molar-refractivity contribution in [3.63, 3.8) is 0 Å². The van der Waals surface area contributed by atoms with Crippen LogP contribution in [0.25, 0.3) is 0 Å².